The monoisotopic (exact) mass is 703 g/mol. The van der Waals surface area contributed by atoms with E-state index in [1.165, 1.54) is 0 Å². The zero-order chi connectivity index (χ0) is 36.7. The molecule has 10 rings (SSSR count). The summed E-state index contributed by atoms with van der Waals surface area (Å²) in [5.41, 5.74) is 14.7. The maximum absolute atomic E-state index is 5.27. The Bertz CT molecular complexity index is 3040. The molecule has 0 aliphatic carbocycles. The fourth-order valence-electron chi connectivity index (χ4n) is 7.50. The second-order valence-corrected chi connectivity index (χ2v) is 13.8. The van der Waals surface area contributed by atoms with Crippen LogP contribution >= 0.6 is 0 Å². The Labute approximate surface area is 318 Å². The van der Waals surface area contributed by atoms with Crippen molar-refractivity contribution < 1.29 is 0 Å². The molecule has 0 atom stereocenters. The van der Waals surface area contributed by atoms with Crippen LogP contribution in [-0.4, -0.2) is 24.9 Å². The Morgan fingerprint density at radius 1 is 0.345 bits per heavy atom. The summed E-state index contributed by atoms with van der Waals surface area (Å²) in [7, 11) is 0. The third kappa shape index (κ3) is 6.08. The number of benzene rings is 6. The topological polar surface area (TPSA) is 64.5 Å². The summed E-state index contributed by atoms with van der Waals surface area (Å²) < 4.78 is 0. The molecule has 0 radical (unpaired) electrons. The number of nitrogens with zero attached hydrogens (tertiary/aromatic N) is 5. The average Bonchev–Trinajstić information content (AvgIpc) is 3.26. The fraction of sp³-hybridized carbons (Fsp3) is 0.0200. The first-order chi connectivity index (χ1) is 27.1. The van der Waals surface area contributed by atoms with Crippen molar-refractivity contribution in [2.24, 2.45) is 0 Å². The first-order valence-electron chi connectivity index (χ1n) is 18.4. The van der Waals surface area contributed by atoms with Crippen molar-refractivity contribution in [2.45, 2.75) is 6.92 Å². The third-order valence-corrected chi connectivity index (χ3v) is 10.2. The lowest BCUT2D eigenvalue weighted by Gasteiger charge is -2.12. The number of pyridine rings is 3. The first-order valence-corrected chi connectivity index (χ1v) is 18.4. The van der Waals surface area contributed by atoms with Gasteiger partial charge in [-0.15, -0.1) is 0 Å². The van der Waals surface area contributed by atoms with Crippen molar-refractivity contribution in [3.63, 3.8) is 0 Å². The lowest BCUT2D eigenvalue weighted by molar-refractivity contribution is 1.18. The number of aromatic nitrogens is 5. The number of rotatable bonds is 6. The molecule has 0 aliphatic rings. The molecule has 4 aromatic heterocycles. The Hall–Kier alpha value is -7.37. The van der Waals surface area contributed by atoms with E-state index in [1.54, 1.807) is 0 Å². The molecule has 5 heteroatoms. The van der Waals surface area contributed by atoms with Crippen LogP contribution in [0.3, 0.4) is 0 Å². The van der Waals surface area contributed by atoms with Crippen LogP contribution in [0.25, 0.3) is 100 Å². The highest BCUT2D eigenvalue weighted by molar-refractivity contribution is 6.08. The first kappa shape index (κ1) is 32.3. The van der Waals surface area contributed by atoms with E-state index in [0.29, 0.717) is 5.82 Å². The minimum absolute atomic E-state index is 0.645. The summed E-state index contributed by atoms with van der Waals surface area (Å²) >= 11 is 0. The third-order valence-electron chi connectivity index (χ3n) is 10.2. The van der Waals surface area contributed by atoms with E-state index < -0.39 is 0 Å². The van der Waals surface area contributed by atoms with Crippen molar-refractivity contribution in [3.8, 4) is 67.4 Å². The van der Waals surface area contributed by atoms with Gasteiger partial charge in [0, 0.05) is 55.9 Å². The van der Waals surface area contributed by atoms with E-state index in [1.807, 2.05) is 43.5 Å². The molecule has 4 heterocycles. The summed E-state index contributed by atoms with van der Waals surface area (Å²) in [4.78, 5) is 25.4. The SMILES string of the molecule is Cc1cc(-c2ccccc2)c2ccc3ccc(-c4cccc(-c5nc(-c6ccccc6)cc(-c6cccc(-c7cccc8cccnc78)c6)n5)c4)nc3c2n1. The number of hydrogen-bond acceptors (Lipinski definition) is 5. The molecule has 0 saturated heterocycles. The largest absolute Gasteiger partial charge is 0.256 e. The molecule has 0 N–H and O–H groups in total. The van der Waals surface area contributed by atoms with Gasteiger partial charge >= 0.3 is 0 Å². The van der Waals surface area contributed by atoms with Gasteiger partial charge in [0.25, 0.3) is 0 Å². The summed E-state index contributed by atoms with van der Waals surface area (Å²) in [6, 6.07) is 60.8. The van der Waals surface area contributed by atoms with E-state index in [0.717, 1.165) is 100.0 Å². The van der Waals surface area contributed by atoms with Gasteiger partial charge in [0.15, 0.2) is 5.82 Å². The molecule has 0 fully saturated rings. The van der Waals surface area contributed by atoms with Crippen LogP contribution in [0.2, 0.25) is 0 Å². The van der Waals surface area contributed by atoms with Crippen molar-refractivity contribution in [2.75, 3.05) is 0 Å². The van der Waals surface area contributed by atoms with Crippen molar-refractivity contribution >= 4 is 32.7 Å². The van der Waals surface area contributed by atoms with Crippen LogP contribution in [0.15, 0.2) is 182 Å². The summed E-state index contributed by atoms with van der Waals surface area (Å²) in [6.07, 6.45) is 1.85. The molecular weight excluding hydrogens is 671 g/mol. The highest BCUT2D eigenvalue weighted by atomic mass is 14.9. The minimum Gasteiger partial charge on any atom is -0.256 e. The molecule has 5 nitrogen and oxygen atoms in total. The molecule has 258 valence electrons. The summed E-state index contributed by atoms with van der Waals surface area (Å²) in [6.45, 7) is 2.05. The van der Waals surface area contributed by atoms with Crippen molar-refractivity contribution in [3.05, 3.63) is 188 Å². The van der Waals surface area contributed by atoms with Gasteiger partial charge in [0.2, 0.25) is 0 Å². The van der Waals surface area contributed by atoms with Crippen LogP contribution < -0.4 is 0 Å². The molecule has 0 bridgehead atoms. The van der Waals surface area contributed by atoms with E-state index in [-0.39, 0.29) is 0 Å². The van der Waals surface area contributed by atoms with Gasteiger partial charge in [0.1, 0.15) is 0 Å². The predicted octanol–water partition coefficient (Wildman–Crippen LogP) is 12.4. The standard InChI is InChI=1S/C50H33N5/c1-32-28-43(33-12-4-2-5-13-33)42-25-23-36-24-26-44(53-48(36)49(42)52-32)38-18-9-20-40(30-38)50-54-45(34-14-6-3-7-15-34)31-46(55-50)39-19-8-17-37(29-39)41-22-10-16-35-21-11-27-51-47(35)41/h2-31H,1H3. The minimum atomic E-state index is 0.645. The average molecular weight is 704 g/mol. The lowest BCUT2D eigenvalue weighted by atomic mass is 9.98. The molecule has 6 aromatic carbocycles. The van der Waals surface area contributed by atoms with Crippen LogP contribution in [0, 0.1) is 6.92 Å². The Kier molecular flexibility index (Phi) is 7.96. The Morgan fingerprint density at radius 3 is 1.78 bits per heavy atom. The highest BCUT2D eigenvalue weighted by Gasteiger charge is 2.15. The number of hydrogen-bond donors (Lipinski definition) is 0. The maximum Gasteiger partial charge on any atom is 0.160 e. The summed E-state index contributed by atoms with van der Waals surface area (Å²) in [5, 5.41) is 3.25. The highest BCUT2D eigenvalue weighted by Crippen LogP contribution is 2.36. The van der Waals surface area contributed by atoms with Crippen molar-refractivity contribution in [1.29, 1.82) is 0 Å². The summed E-state index contributed by atoms with van der Waals surface area (Å²) in [5.74, 6) is 0.645. The van der Waals surface area contributed by atoms with Gasteiger partial charge in [-0.25, -0.2) is 15.0 Å². The molecule has 55 heavy (non-hydrogen) atoms. The number of fused-ring (bicyclic) bond motifs is 4. The number of aryl methyl sites for hydroxylation is 1. The molecular formula is C50H33N5. The van der Waals surface area contributed by atoms with Crippen LogP contribution in [0.5, 0.6) is 0 Å². The van der Waals surface area contributed by atoms with Gasteiger partial charge < -0.3 is 0 Å². The van der Waals surface area contributed by atoms with Crippen LogP contribution in [0.1, 0.15) is 5.69 Å². The predicted molar refractivity (Wildman–Crippen MR) is 225 cm³/mol. The van der Waals surface area contributed by atoms with Gasteiger partial charge in [-0.3, -0.25) is 9.97 Å². The molecule has 0 spiro atoms. The van der Waals surface area contributed by atoms with Gasteiger partial charge in [-0.2, -0.15) is 0 Å². The van der Waals surface area contributed by atoms with E-state index in [4.69, 9.17) is 24.9 Å². The molecule has 0 saturated carbocycles. The fourth-order valence-corrected chi connectivity index (χ4v) is 7.50. The lowest BCUT2D eigenvalue weighted by Crippen LogP contribution is -1.97. The van der Waals surface area contributed by atoms with Crippen LogP contribution in [0.4, 0.5) is 0 Å². The Balaban J connectivity index is 1.09. The normalized spacial score (nSPS) is 11.4. The number of para-hydroxylation sites is 1. The quantitative estimate of drug-likeness (QED) is 0.161. The van der Waals surface area contributed by atoms with Crippen molar-refractivity contribution in [1.82, 2.24) is 24.9 Å². The van der Waals surface area contributed by atoms with E-state index in [9.17, 15) is 0 Å². The second-order valence-electron chi connectivity index (χ2n) is 13.8. The molecule has 0 amide bonds. The molecule has 0 unspecified atom stereocenters. The van der Waals surface area contributed by atoms with Crippen LogP contribution in [-0.2, 0) is 0 Å². The van der Waals surface area contributed by atoms with Gasteiger partial charge in [-0.1, -0.05) is 140 Å². The molecule has 10 aromatic rings. The second kappa shape index (κ2) is 13.6. The zero-order valence-corrected chi connectivity index (χ0v) is 30.1. The van der Waals surface area contributed by atoms with Gasteiger partial charge in [-0.05, 0) is 60.0 Å². The molecule has 0 aliphatic heterocycles. The zero-order valence-electron chi connectivity index (χ0n) is 30.1. The van der Waals surface area contributed by atoms with E-state index >= 15 is 0 Å². The van der Waals surface area contributed by atoms with E-state index in [2.05, 4.69) is 146 Å². The maximum atomic E-state index is 5.27. The smallest absolute Gasteiger partial charge is 0.160 e. The Morgan fingerprint density at radius 2 is 0.964 bits per heavy atom. The van der Waals surface area contributed by atoms with Gasteiger partial charge in [0.05, 0.1) is 33.6 Å².